The molecule has 1 saturated heterocycles. The molecule has 0 aromatic carbocycles. The second-order valence-electron chi connectivity index (χ2n) is 4.01. The first-order valence-electron chi connectivity index (χ1n) is 5.82. The number of ether oxygens (including phenoxy) is 1. The Balaban J connectivity index is 2.01. The largest absolute Gasteiger partial charge is 0.380 e. The topological polar surface area (TPSA) is 37.4 Å². The second-order valence-corrected chi connectivity index (χ2v) is 4.01. The van der Waals surface area contributed by atoms with Gasteiger partial charge >= 0.3 is 0 Å². The summed E-state index contributed by atoms with van der Waals surface area (Å²) in [5.74, 6) is 1.06. The number of rotatable bonds is 3. The molecule has 0 unspecified atom stereocenters. The van der Waals surface area contributed by atoms with Crippen LogP contribution in [-0.2, 0) is 11.3 Å². The van der Waals surface area contributed by atoms with Gasteiger partial charge in [0, 0.05) is 32.4 Å². The van der Waals surface area contributed by atoms with Crippen LogP contribution >= 0.6 is 0 Å². The Morgan fingerprint density at radius 2 is 2.31 bits per heavy atom. The van der Waals surface area contributed by atoms with Gasteiger partial charge in [0.25, 0.3) is 0 Å². The number of nitrogens with one attached hydrogen (secondary N) is 1. The van der Waals surface area contributed by atoms with Gasteiger partial charge in [-0.15, -0.1) is 0 Å². The van der Waals surface area contributed by atoms with Crippen LogP contribution in [0, 0.1) is 0 Å². The molecule has 2 rings (SSSR count). The summed E-state index contributed by atoms with van der Waals surface area (Å²) in [7, 11) is 1.94. The van der Waals surface area contributed by atoms with Crippen LogP contribution in [0.5, 0.6) is 0 Å². The average Bonchev–Trinajstić information content (AvgIpc) is 2.59. The lowest BCUT2D eigenvalue weighted by Gasteiger charge is -2.20. The SMILES string of the molecule is CNCc1ccc(N2CCCOCC2)nc1. The van der Waals surface area contributed by atoms with E-state index in [4.69, 9.17) is 4.74 Å². The zero-order valence-corrected chi connectivity index (χ0v) is 9.78. The van der Waals surface area contributed by atoms with Crippen molar-refractivity contribution in [1.82, 2.24) is 10.3 Å². The van der Waals surface area contributed by atoms with Crippen molar-refractivity contribution >= 4 is 5.82 Å². The molecule has 4 heteroatoms. The molecule has 1 N–H and O–H groups in total. The maximum Gasteiger partial charge on any atom is 0.128 e. The number of hydrogen-bond acceptors (Lipinski definition) is 4. The molecule has 2 heterocycles. The summed E-state index contributed by atoms with van der Waals surface area (Å²) in [5.41, 5.74) is 1.22. The van der Waals surface area contributed by atoms with Gasteiger partial charge in [-0.1, -0.05) is 6.07 Å². The van der Waals surface area contributed by atoms with E-state index < -0.39 is 0 Å². The van der Waals surface area contributed by atoms with Crippen molar-refractivity contribution < 1.29 is 4.74 Å². The van der Waals surface area contributed by atoms with Gasteiger partial charge in [0.15, 0.2) is 0 Å². The van der Waals surface area contributed by atoms with Gasteiger partial charge in [-0.05, 0) is 25.1 Å². The molecule has 0 atom stereocenters. The molecule has 1 aliphatic heterocycles. The molecule has 88 valence electrons. The summed E-state index contributed by atoms with van der Waals surface area (Å²) < 4.78 is 5.43. The van der Waals surface area contributed by atoms with Crippen molar-refractivity contribution in [3.63, 3.8) is 0 Å². The fourth-order valence-corrected chi connectivity index (χ4v) is 1.89. The molecule has 1 aromatic rings. The van der Waals surface area contributed by atoms with E-state index >= 15 is 0 Å². The highest BCUT2D eigenvalue weighted by atomic mass is 16.5. The number of hydrogen-bond donors (Lipinski definition) is 1. The highest BCUT2D eigenvalue weighted by molar-refractivity contribution is 5.39. The van der Waals surface area contributed by atoms with E-state index in [1.165, 1.54) is 5.56 Å². The van der Waals surface area contributed by atoms with Gasteiger partial charge in [0.2, 0.25) is 0 Å². The van der Waals surface area contributed by atoms with Crippen molar-refractivity contribution in [3.05, 3.63) is 23.9 Å². The van der Waals surface area contributed by atoms with Crippen LogP contribution in [0.2, 0.25) is 0 Å². The Hall–Kier alpha value is -1.13. The van der Waals surface area contributed by atoms with E-state index in [9.17, 15) is 0 Å². The van der Waals surface area contributed by atoms with E-state index in [0.29, 0.717) is 0 Å². The normalized spacial score (nSPS) is 17.2. The van der Waals surface area contributed by atoms with Gasteiger partial charge in [-0.2, -0.15) is 0 Å². The smallest absolute Gasteiger partial charge is 0.128 e. The Morgan fingerprint density at radius 1 is 1.38 bits per heavy atom. The van der Waals surface area contributed by atoms with E-state index in [-0.39, 0.29) is 0 Å². The minimum Gasteiger partial charge on any atom is -0.380 e. The van der Waals surface area contributed by atoms with Crippen LogP contribution in [0.3, 0.4) is 0 Å². The fraction of sp³-hybridized carbons (Fsp3) is 0.583. The average molecular weight is 221 g/mol. The lowest BCUT2D eigenvalue weighted by molar-refractivity contribution is 0.152. The minimum absolute atomic E-state index is 0.806. The molecule has 0 amide bonds. The summed E-state index contributed by atoms with van der Waals surface area (Å²) in [6.07, 6.45) is 3.03. The third-order valence-corrected chi connectivity index (χ3v) is 2.74. The third kappa shape index (κ3) is 2.93. The first kappa shape index (κ1) is 11.4. The minimum atomic E-state index is 0.806. The highest BCUT2D eigenvalue weighted by Crippen LogP contribution is 2.13. The van der Waals surface area contributed by atoms with E-state index in [2.05, 4.69) is 27.3 Å². The lowest BCUT2D eigenvalue weighted by Crippen LogP contribution is -2.26. The Bertz CT molecular complexity index is 305. The van der Waals surface area contributed by atoms with Crippen LogP contribution in [0.25, 0.3) is 0 Å². The molecule has 1 aliphatic rings. The number of anilines is 1. The fourth-order valence-electron chi connectivity index (χ4n) is 1.89. The van der Waals surface area contributed by atoms with E-state index in [1.807, 2.05) is 13.2 Å². The molecule has 1 fully saturated rings. The van der Waals surface area contributed by atoms with E-state index in [1.54, 1.807) is 0 Å². The van der Waals surface area contributed by atoms with Gasteiger partial charge in [0.1, 0.15) is 5.82 Å². The lowest BCUT2D eigenvalue weighted by atomic mass is 10.2. The number of nitrogens with zero attached hydrogens (tertiary/aromatic N) is 2. The van der Waals surface area contributed by atoms with Crippen LogP contribution in [0.1, 0.15) is 12.0 Å². The molecule has 0 saturated carbocycles. The van der Waals surface area contributed by atoms with Crippen molar-refractivity contribution in [2.45, 2.75) is 13.0 Å². The van der Waals surface area contributed by atoms with Crippen LogP contribution in [0.15, 0.2) is 18.3 Å². The molecule has 0 spiro atoms. The van der Waals surface area contributed by atoms with Gasteiger partial charge in [0.05, 0.1) is 6.61 Å². The molecule has 1 aromatic heterocycles. The molecule has 16 heavy (non-hydrogen) atoms. The maximum absolute atomic E-state index is 5.43. The predicted molar refractivity (Wildman–Crippen MR) is 64.6 cm³/mol. The third-order valence-electron chi connectivity index (χ3n) is 2.74. The van der Waals surface area contributed by atoms with E-state index in [0.717, 1.165) is 45.1 Å². The standard InChI is InChI=1S/C12H19N3O/c1-13-9-11-3-4-12(14-10-11)15-5-2-7-16-8-6-15/h3-4,10,13H,2,5-9H2,1H3. The molecular weight excluding hydrogens is 202 g/mol. The maximum atomic E-state index is 5.43. The van der Waals surface area contributed by atoms with Crippen LogP contribution in [-0.4, -0.2) is 38.3 Å². The Morgan fingerprint density at radius 3 is 3.06 bits per heavy atom. The van der Waals surface area contributed by atoms with Crippen molar-refractivity contribution in [2.75, 3.05) is 38.3 Å². The quantitative estimate of drug-likeness (QED) is 0.827. The zero-order chi connectivity index (χ0) is 11.2. The first-order valence-corrected chi connectivity index (χ1v) is 5.82. The summed E-state index contributed by atoms with van der Waals surface area (Å²) in [5, 5.41) is 3.12. The molecule has 0 aliphatic carbocycles. The van der Waals surface area contributed by atoms with Gasteiger partial charge in [-0.25, -0.2) is 4.98 Å². The summed E-state index contributed by atoms with van der Waals surface area (Å²) in [6, 6.07) is 4.22. The highest BCUT2D eigenvalue weighted by Gasteiger charge is 2.10. The first-order chi connectivity index (χ1) is 7.90. The predicted octanol–water partition coefficient (Wildman–Crippen LogP) is 1.03. The Kier molecular flexibility index (Phi) is 4.13. The van der Waals surface area contributed by atoms with Crippen LogP contribution < -0.4 is 10.2 Å². The summed E-state index contributed by atoms with van der Waals surface area (Å²) in [4.78, 5) is 6.78. The van der Waals surface area contributed by atoms with Crippen molar-refractivity contribution in [3.8, 4) is 0 Å². The number of pyridine rings is 1. The van der Waals surface area contributed by atoms with Gasteiger partial charge in [-0.3, -0.25) is 0 Å². The summed E-state index contributed by atoms with van der Waals surface area (Å²) in [6.45, 7) is 4.53. The zero-order valence-electron chi connectivity index (χ0n) is 9.78. The molecular formula is C12H19N3O. The number of aromatic nitrogens is 1. The molecule has 0 bridgehead atoms. The monoisotopic (exact) mass is 221 g/mol. The molecule has 4 nitrogen and oxygen atoms in total. The van der Waals surface area contributed by atoms with Crippen molar-refractivity contribution in [1.29, 1.82) is 0 Å². The Labute approximate surface area is 96.6 Å². The van der Waals surface area contributed by atoms with Gasteiger partial charge < -0.3 is 15.0 Å². The van der Waals surface area contributed by atoms with Crippen molar-refractivity contribution in [2.24, 2.45) is 0 Å². The molecule has 0 radical (unpaired) electrons. The summed E-state index contributed by atoms with van der Waals surface area (Å²) >= 11 is 0. The second kappa shape index (κ2) is 5.82. The van der Waals surface area contributed by atoms with Crippen LogP contribution in [0.4, 0.5) is 5.82 Å².